The number of aromatic nitrogens is 1. The van der Waals surface area contributed by atoms with Gasteiger partial charge in [0, 0.05) is 25.8 Å². The normalized spacial score (nSPS) is 19.8. The van der Waals surface area contributed by atoms with Crippen molar-refractivity contribution in [2.45, 2.75) is 39.3 Å². The molecule has 1 fully saturated rings. The van der Waals surface area contributed by atoms with Crippen LogP contribution in [-0.2, 0) is 4.74 Å². The number of nitrogens with one attached hydrogen (secondary N) is 1. The highest BCUT2D eigenvalue weighted by atomic mass is 16.6. The maximum absolute atomic E-state index is 12.4. The van der Waals surface area contributed by atoms with E-state index in [1.807, 2.05) is 39.8 Å². The number of rotatable bonds is 1. The molecule has 0 saturated carbocycles. The van der Waals surface area contributed by atoms with Crippen molar-refractivity contribution in [1.82, 2.24) is 15.2 Å². The van der Waals surface area contributed by atoms with Gasteiger partial charge in [-0.05, 0) is 39.3 Å². The lowest BCUT2D eigenvalue weighted by molar-refractivity contribution is 0.0112. The highest BCUT2D eigenvalue weighted by molar-refractivity contribution is 5.69. The summed E-state index contributed by atoms with van der Waals surface area (Å²) in [6, 6.07) is 3.86. The molecule has 2 rings (SSSR count). The number of carbonyl (C=O) groups excluding carboxylic acids is 1. The predicted molar refractivity (Wildman–Crippen MR) is 77.5 cm³/mol. The van der Waals surface area contributed by atoms with E-state index >= 15 is 0 Å². The summed E-state index contributed by atoms with van der Waals surface area (Å²) in [4.78, 5) is 18.6. The molecule has 5 nitrogen and oxygen atoms in total. The van der Waals surface area contributed by atoms with Crippen molar-refractivity contribution in [2.24, 2.45) is 0 Å². The van der Waals surface area contributed by atoms with Gasteiger partial charge in [0.05, 0.1) is 11.7 Å². The monoisotopic (exact) mass is 277 g/mol. The van der Waals surface area contributed by atoms with Crippen molar-refractivity contribution in [1.29, 1.82) is 0 Å². The fraction of sp³-hybridized carbons (Fsp3) is 0.600. The van der Waals surface area contributed by atoms with E-state index in [1.165, 1.54) is 0 Å². The molecule has 20 heavy (non-hydrogen) atoms. The van der Waals surface area contributed by atoms with Crippen LogP contribution in [0.15, 0.2) is 18.3 Å². The lowest BCUT2D eigenvalue weighted by Gasteiger charge is -2.37. The van der Waals surface area contributed by atoms with Crippen molar-refractivity contribution in [3.05, 3.63) is 29.6 Å². The number of ether oxygens (including phenoxy) is 1. The quantitative estimate of drug-likeness (QED) is 0.855. The zero-order chi connectivity index (χ0) is 14.8. The van der Waals surface area contributed by atoms with E-state index in [-0.39, 0.29) is 12.1 Å². The van der Waals surface area contributed by atoms with E-state index in [0.29, 0.717) is 13.1 Å². The first-order chi connectivity index (χ1) is 9.38. The fourth-order valence-corrected chi connectivity index (χ4v) is 2.33. The minimum Gasteiger partial charge on any atom is -0.444 e. The van der Waals surface area contributed by atoms with Gasteiger partial charge >= 0.3 is 6.09 Å². The smallest absolute Gasteiger partial charge is 0.410 e. The Hall–Kier alpha value is -1.62. The summed E-state index contributed by atoms with van der Waals surface area (Å²) in [5.74, 6) is 0. The fourth-order valence-electron chi connectivity index (χ4n) is 2.33. The first-order valence-corrected chi connectivity index (χ1v) is 7.00. The minimum absolute atomic E-state index is 0.0696. The summed E-state index contributed by atoms with van der Waals surface area (Å²) in [6.45, 7) is 9.79. The number of carbonyl (C=O) groups is 1. The molecule has 1 aromatic rings. The number of hydrogen-bond donors (Lipinski definition) is 1. The first kappa shape index (κ1) is 14.8. The molecule has 1 atom stereocenters. The van der Waals surface area contributed by atoms with Crippen LogP contribution in [0.25, 0.3) is 0 Å². The van der Waals surface area contributed by atoms with E-state index < -0.39 is 5.60 Å². The molecule has 2 heterocycles. The van der Waals surface area contributed by atoms with Crippen LogP contribution in [0.2, 0.25) is 0 Å². The third-order valence-electron chi connectivity index (χ3n) is 3.24. The van der Waals surface area contributed by atoms with Crippen molar-refractivity contribution in [3.63, 3.8) is 0 Å². The molecular weight excluding hydrogens is 254 g/mol. The van der Waals surface area contributed by atoms with Crippen molar-refractivity contribution in [3.8, 4) is 0 Å². The largest absolute Gasteiger partial charge is 0.444 e. The molecule has 1 amide bonds. The minimum atomic E-state index is -0.480. The number of amides is 1. The van der Waals surface area contributed by atoms with Gasteiger partial charge in [-0.25, -0.2) is 4.79 Å². The number of nitrogens with zero attached hydrogens (tertiary/aromatic N) is 2. The van der Waals surface area contributed by atoms with E-state index in [1.54, 1.807) is 11.1 Å². The Balaban J connectivity index is 2.22. The van der Waals surface area contributed by atoms with Gasteiger partial charge in [-0.15, -0.1) is 0 Å². The number of aryl methyl sites for hydroxylation is 1. The Morgan fingerprint density at radius 3 is 2.90 bits per heavy atom. The Labute approximate surface area is 120 Å². The van der Waals surface area contributed by atoms with Crippen LogP contribution >= 0.6 is 0 Å². The molecule has 0 spiro atoms. The van der Waals surface area contributed by atoms with Gasteiger partial charge < -0.3 is 10.1 Å². The molecule has 1 aliphatic heterocycles. The van der Waals surface area contributed by atoms with Gasteiger partial charge in [0.1, 0.15) is 5.60 Å². The van der Waals surface area contributed by atoms with Crippen LogP contribution in [0.4, 0.5) is 4.79 Å². The van der Waals surface area contributed by atoms with Crippen LogP contribution in [0.5, 0.6) is 0 Å². The highest BCUT2D eigenvalue weighted by Gasteiger charge is 2.32. The van der Waals surface area contributed by atoms with Crippen molar-refractivity contribution >= 4 is 6.09 Å². The van der Waals surface area contributed by atoms with E-state index in [2.05, 4.69) is 10.3 Å². The molecule has 1 aromatic heterocycles. The van der Waals surface area contributed by atoms with Crippen molar-refractivity contribution < 1.29 is 9.53 Å². The summed E-state index contributed by atoms with van der Waals surface area (Å²) in [5.41, 5.74) is 1.55. The van der Waals surface area contributed by atoms with E-state index in [0.717, 1.165) is 17.8 Å². The Bertz CT molecular complexity index is 482. The number of pyridine rings is 1. The Kier molecular flexibility index (Phi) is 4.28. The lowest BCUT2D eigenvalue weighted by Crippen LogP contribution is -2.50. The van der Waals surface area contributed by atoms with Crippen LogP contribution in [0, 0.1) is 6.92 Å². The summed E-state index contributed by atoms with van der Waals surface area (Å²) in [5, 5.41) is 3.32. The summed E-state index contributed by atoms with van der Waals surface area (Å²) in [6.07, 6.45) is 1.50. The molecule has 1 saturated heterocycles. The second kappa shape index (κ2) is 5.79. The molecule has 0 aromatic carbocycles. The van der Waals surface area contributed by atoms with Crippen LogP contribution in [-0.4, -0.2) is 41.2 Å². The van der Waals surface area contributed by atoms with E-state index in [9.17, 15) is 4.79 Å². The zero-order valence-corrected chi connectivity index (χ0v) is 12.6. The first-order valence-electron chi connectivity index (χ1n) is 7.00. The van der Waals surface area contributed by atoms with Gasteiger partial charge in [0.2, 0.25) is 0 Å². The molecule has 1 aliphatic rings. The standard InChI is InChI=1S/C15H23N3O2/c1-11-6-5-7-17-13(11)12-10-16-8-9-18(12)14(19)20-15(2,3)4/h5-7,12,16H,8-10H2,1-4H3. The van der Waals surface area contributed by atoms with Crippen LogP contribution in [0.1, 0.15) is 38.1 Å². The average Bonchev–Trinajstić information content (AvgIpc) is 2.37. The molecule has 0 aliphatic carbocycles. The topological polar surface area (TPSA) is 54.5 Å². The van der Waals surface area contributed by atoms with Crippen LogP contribution < -0.4 is 5.32 Å². The summed E-state index contributed by atoms with van der Waals surface area (Å²) in [7, 11) is 0. The molecule has 1 N–H and O–H groups in total. The molecule has 0 radical (unpaired) electrons. The predicted octanol–water partition coefficient (Wildman–Crippen LogP) is 2.27. The third-order valence-corrected chi connectivity index (χ3v) is 3.24. The molecule has 0 bridgehead atoms. The maximum Gasteiger partial charge on any atom is 0.410 e. The molecule has 1 unspecified atom stereocenters. The van der Waals surface area contributed by atoms with Gasteiger partial charge in [0.15, 0.2) is 0 Å². The number of piperazine rings is 1. The second-order valence-electron chi connectivity index (χ2n) is 6.10. The van der Waals surface area contributed by atoms with Crippen molar-refractivity contribution in [2.75, 3.05) is 19.6 Å². The Morgan fingerprint density at radius 2 is 2.25 bits per heavy atom. The van der Waals surface area contributed by atoms with E-state index in [4.69, 9.17) is 4.74 Å². The number of hydrogen-bond acceptors (Lipinski definition) is 4. The van der Waals surface area contributed by atoms with Gasteiger partial charge in [-0.1, -0.05) is 6.07 Å². The zero-order valence-electron chi connectivity index (χ0n) is 12.6. The third kappa shape index (κ3) is 3.48. The van der Waals surface area contributed by atoms with Gasteiger partial charge in [-0.2, -0.15) is 0 Å². The maximum atomic E-state index is 12.4. The molecular formula is C15H23N3O2. The van der Waals surface area contributed by atoms with Gasteiger partial charge in [0.25, 0.3) is 0 Å². The lowest BCUT2D eigenvalue weighted by atomic mass is 10.1. The summed E-state index contributed by atoms with van der Waals surface area (Å²) >= 11 is 0. The summed E-state index contributed by atoms with van der Waals surface area (Å²) < 4.78 is 5.50. The second-order valence-corrected chi connectivity index (χ2v) is 6.10. The van der Waals surface area contributed by atoms with Crippen LogP contribution in [0.3, 0.4) is 0 Å². The molecule has 5 heteroatoms. The average molecular weight is 277 g/mol. The SMILES string of the molecule is Cc1cccnc1C1CNCCN1C(=O)OC(C)(C)C. The highest BCUT2D eigenvalue weighted by Crippen LogP contribution is 2.25. The van der Waals surface area contributed by atoms with Gasteiger partial charge in [-0.3, -0.25) is 9.88 Å². The Morgan fingerprint density at radius 1 is 1.50 bits per heavy atom. The molecule has 110 valence electrons.